The molecular weight excluding hydrogens is 265 g/mol. The lowest BCUT2D eigenvalue weighted by atomic mass is 10.1. The van der Waals surface area contributed by atoms with Crippen LogP contribution in [0.1, 0.15) is 31.4 Å². The third-order valence-electron chi connectivity index (χ3n) is 3.92. The quantitative estimate of drug-likeness (QED) is 0.897. The van der Waals surface area contributed by atoms with Crippen molar-refractivity contribution in [3.63, 3.8) is 0 Å². The van der Waals surface area contributed by atoms with Crippen molar-refractivity contribution >= 4 is 17.1 Å². The highest BCUT2D eigenvalue weighted by Gasteiger charge is 2.13. The fourth-order valence-corrected chi connectivity index (χ4v) is 2.81. The molecule has 1 aliphatic heterocycles. The number of nitrogens with two attached hydrogens (primary N) is 1. The summed E-state index contributed by atoms with van der Waals surface area (Å²) in [5.41, 5.74) is 8.81. The molecule has 3 rings (SSSR count). The lowest BCUT2D eigenvalue weighted by molar-refractivity contribution is 0.578. The predicted molar refractivity (Wildman–Crippen MR) is 85.6 cm³/mol. The van der Waals surface area contributed by atoms with Gasteiger partial charge in [0.15, 0.2) is 0 Å². The van der Waals surface area contributed by atoms with Gasteiger partial charge in [0, 0.05) is 24.8 Å². The molecule has 2 heterocycles. The first kappa shape index (κ1) is 13.9. The molecule has 1 aliphatic carbocycles. The molecule has 1 aromatic rings. The zero-order valence-corrected chi connectivity index (χ0v) is 12.1. The second-order valence-corrected chi connectivity index (χ2v) is 5.50. The molecule has 2 N–H and O–H groups in total. The molecule has 1 aromatic heterocycles. The summed E-state index contributed by atoms with van der Waals surface area (Å²) in [5, 5.41) is 0. The van der Waals surface area contributed by atoms with Crippen LogP contribution >= 0.6 is 0 Å². The van der Waals surface area contributed by atoms with E-state index in [1.807, 2.05) is 12.1 Å². The van der Waals surface area contributed by atoms with Gasteiger partial charge in [-0.05, 0) is 49.5 Å². The van der Waals surface area contributed by atoms with Crippen molar-refractivity contribution in [2.75, 3.05) is 23.7 Å². The standard InChI is InChI=1S/C17H20FN3/c18-14-6-4-5-13(7-8-14)16-11-15(12-17(19)20-16)21-9-2-1-3-10-21/h5-8,11-12H,1-4,9-10H2,(H2,19,20). The first-order chi connectivity index (χ1) is 10.2. The summed E-state index contributed by atoms with van der Waals surface area (Å²) in [6, 6.07) is 3.98. The molecule has 0 atom stereocenters. The second kappa shape index (κ2) is 6.12. The molecule has 0 bridgehead atoms. The van der Waals surface area contributed by atoms with E-state index >= 15 is 0 Å². The molecule has 0 unspecified atom stereocenters. The van der Waals surface area contributed by atoms with Gasteiger partial charge in [0.25, 0.3) is 0 Å². The summed E-state index contributed by atoms with van der Waals surface area (Å²) < 4.78 is 13.3. The van der Waals surface area contributed by atoms with Gasteiger partial charge in [0.1, 0.15) is 11.6 Å². The molecule has 0 radical (unpaired) electrons. The van der Waals surface area contributed by atoms with E-state index in [1.54, 1.807) is 12.2 Å². The molecule has 1 fully saturated rings. The SMILES string of the molecule is Nc1cc(N2CCCCC2)cc(C2=CCC=C(F)C=C2)n1. The number of nitrogens with zero attached hydrogens (tertiary/aromatic N) is 2. The minimum atomic E-state index is -0.207. The number of nitrogen functional groups attached to an aromatic ring is 1. The van der Waals surface area contributed by atoms with E-state index in [1.165, 1.54) is 25.3 Å². The Morgan fingerprint density at radius 1 is 1.05 bits per heavy atom. The van der Waals surface area contributed by atoms with E-state index in [2.05, 4.69) is 16.0 Å². The summed E-state index contributed by atoms with van der Waals surface area (Å²) in [6.07, 6.45) is 11.1. The van der Waals surface area contributed by atoms with E-state index in [4.69, 9.17) is 5.73 Å². The van der Waals surface area contributed by atoms with Gasteiger partial charge in [-0.3, -0.25) is 0 Å². The molecule has 110 valence electrons. The molecule has 4 heteroatoms. The van der Waals surface area contributed by atoms with Crippen LogP contribution < -0.4 is 10.6 Å². The maximum atomic E-state index is 13.3. The number of rotatable bonds is 2. The molecule has 0 amide bonds. The highest BCUT2D eigenvalue weighted by molar-refractivity contribution is 5.76. The van der Waals surface area contributed by atoms with Crippen LogP contribution in [0.2, 0.25) is 0 Å². The first-order valence-corrected chi connectivity index (χ1v) is 7.49. The third kappa shape index (κ3) is 3.32. The average molecular weight is 285 g/mol. The highest BCUT2D eigenvalue weighted by atomic mass is 19.1. The summed E-state index contributed by atoms with van der Waals surface area (Å²) in [5.74, 6) is 0.307. The van der Waals surface area contributed by atoms with Gasteiger partial charge in [0.05, 0.1) is 5.69 Å². The summed E-state index contributed by atoms with van der Waals surface area (Å²) in [4.78, 5) is 6.76. The van der Waals surface area contributed by atoms with Gasteiger partial charge in [0.2, 0.25) is 0 Å². The fraction of sp³-hybridized carbons (Fsp3) is 0.353. The van der Waals surface area contributed by atoms with Gasteiger partial charge in [-0.2, -0.15) is 0 Å². The molecule has 3 nitrogen and oxygen atoms in total. The van der Waals surface area contributed by atoms with Crippen molar-refractivity contribution in [3.05, 3.63) is 48.0 Å². The lowest BCUT2D eigenvalue weighted by Gasteiger charge is -2.29. The van der Waals surface area contributed by atoms with Gasteiger partial charge in [-0.1, -0.05) is 12.2 Å². The van der Waals surface area contributed by atoms with Crippen LogP contribution in [0, 0.1) is 0 Å². The zero-order chi connectivity index (χ0) is 14.7. The Morgan fingerprint density at radius 2 is 1.86 bits per heavy atom. The molecule has 0 spiro atoms. The minimum Gasteiger partial charge on any atom is -0.384 e. The van der Waals surface area contributed by atoms with Crippen molar-refractivity contribution in [3.8, 4) is 0 Å². The van der Waals surface area contributed by atoms with E-state index < -0.39 is 0 Å². The first-order valence-electron chi connectivity index (χ1n) is 7.49. The molecule has 0 saturated carbocycles. The summed E-state index contributed by atoms with van der Waals surface area (Å²) in [7, 11) is 0. The van der Waals surface area contributed by atoms with Crippen LogP contribution in [0.5, 0.6) is 0 Å². The van der Waals surface area contributed by atoms with Crippen LogP contribution in [0.4, 0.5) is 15.9 Å². The zero-order valence-electron chi connectivity index (χ0n) is 12.1. The summed E-state index contributed by atoms with van der Waals surface area (Å²) >= 11 is 0. The number of hydrogen-bond acceptors (Lipinski definition) is 3. The van der Waals surface area contributed by atoms with Gasteiger partial charge in [-0.15, -0.1) is 0 Å². The van der Waals surface area contributed by atoms with Crippen molar-refractivity contribution in [1.29, 1.82) is 0 Å². The number of hydrogen-bond donors (Lipinski definition) is 1. The normalized spacial score (nSPS) is 19.0. The Labute approximate surface area is 124 Å². The van der Waals surface area contributed by atoms with E-state index in [-0.39, 0.29) is 5.83 Å². The Kier molecular flexibility index (Phi) is 4.04. The number of piperidine rings is 1. The topological polar surface area (TPSA) is 42.1 Å². The Bertz CT molecular complexity index is 610. The van der Waals surface area contributed by atoms with E-state index in [0.717, 1.165) is 30.0 Å². The number of anilines is 2. The van der Waals surface area contributed by atoms with E-state index in [9.17, 15) is 4.39 Å². The molecular formula is C17H20FN3. The summed E-state index contributed by atoms with van der Waals surface area (Å²) in [6.45, 7) is 2.13. The molecule has 2 aliphatic rings. The largest absolute Gasteiger partial charge is 0.384 e. The molecule has 0 aromatic carbocycles. The van der Waals surface area contributed by atoms with E-state index in [0.29, 0.717) is 12.2 Å². The van der Waals surface area contributed by atoms with Crippen LogP contribution in [0.25, 0.3) is 5.57 Å². The molecule has 21 heavy (non-hydrogen) atoms. The average Bonchev–Trinajstić information content (AvgIpc) is 2.72. The third-order valence-corrected chi connectivity index (χ3v) is 3.92. The number of halogens is 1. The lowest BCUT2D eigenvalue weighted by Crippen LogP contribution is -2.29. The Morgan fingerprint density at radius 3 is 2.67 bits per heavy atom. The van der Waals surface area contributed by atoms with Crippen LogP contribution in [-0.2, 0) is 0 Å². The van der Waals surface area contributed by atoms with Crippen LogP contribution in [-0.4, -0.2) is 18.1 Å². The number of pyridine rings is 1. The molecule has 1 saturated heterocycles. The van der Waals surface area contributed by atoms with Crippen molar-refractivity contribution in [2.24, 2.45) is 0 Å². The minimum absolute atomic E-state index is 0.207. The van der Waals surface area contributed by atoms with Crippen molar-refractivity contribution in [1.82, 2.24) is 4.98 Å². The predicted octanol–water partition coefficient (Wildman–Crippen LogP) is 3.85. The van der Waals surface area contributed by atoms with Gasteiger partial charge >= 0.3 is 0 Å². The van der Waals surface area contributed by atoms with Crippen LogP contribution in [0.15, 0.2) is 42.3 Å². The maximum absolute atomic E-state index is 13.3. The van der Waals surface area contributed by atoms with Gasteiger partial charge in [-0.25, -0.2) is 9.37 Å². The maximum Gasteiger partial charge on any atom is 0.126 e. The monoisotopic (exact) mass is 285 g/mol. The van der Waals surface area contributed by atoms with Crippen molar-refractivity contribution < 1.29 is 4.39 Å². The van der Waals surface area contributed by atoms with Crippen molar-refractivity contribution in [2.45, 2.75) is 25.7 Å². The number of allylic oxidation sites excluding steroid dienone is 6. The Hall–Kier alpha value is -2.10. The van der Waals surface area contributed by atoms with Gasteiger partial charge < -0.3 is 10.6 Å². The van der Waals surface area contributed by atoms with Crippen LogP contribution in [0.3, 0.4) is 0 Å². The smallest absolute Gasteiger partial charge is 0.126 e. The highest BCUT2D eigenvalue weighted by Crippen LogP contribution is 2.27. The Balaban J connectivity index is 1.91. The fourth-order valence-electron chi connectivity index (χ4n) is 2.81. The second-order valence-electron chi connectivity index (χ2n) is 5.50. The number of aromatic nitrogens is 1.